The molecule has 0 N–H and O–H groups in total. The summed E-state index contributed by atoms with van der Waals surface area (Å²) in [5.41, 5.74) is 3.05. The van der Waals surface area contributed by atoms with Gasteiger partial charge in [0.2, 0.25) is 0 Å². The van der Waals surface area contributed by atoms with Crippen molar-refractivity contribution in [1.29, 1.82) is 0 Å². The first kappa shape index (κ1) is 46.2. The second kappa shape index (κ2) is 39.7. The van der Waals surface area contributed by atoms with Crippen molar-refractivity contribution in [3.05, 3.63) is 59.7 Å². The molecule has 1 heteroatoms. The zero-order valence-corrected chi connectivity index (χ0v) is 33.1. The van der Waals surface area contributed by atoms with Crippen LogP contribution < -0.4 is 0 Å². The average Bonchev–Trinajstić information content (AvgIpc) is 3.80. The summed E-state index contributed by atoms with van der Waals surface area (Å²) in [5, 5.41) is 0. The third kappa shape index (κ3) is 34.9. The molecule has 0 bridgehead atoms. The van der Waals surface area contributed by atoms with Gasteiger partial charge in [0, 0.05) is 0 Å². The summed E-state index contributed by atoms with van der Waals surface area (Å²) in [6.07, 6.45) is 49.1. The van der Waals surface area contributed by atoms with Gasteiger partial charge in [0.1, 0.15) is 0 Å². The summed E-state index contributed by atoms with van der Waals surface area (Å²) in [7, 11) is 0. The first-order valence-electron chi connectivity index (χ1n) is 21.3. The second-order valence-electron chi connectivity index (χ2n) is 14.7. The molecule has 0 saturated heterocycles. The number of rotatable bonds is 34. The fraction of sp³-hybridized carbons (Fsp3) is 0.783. The second-order valence-corrected chi connectivity index (χ2v) is 14.7. The smallest absolute Gasteiger partial charge is 0.213 e. The minimum atomic E-state index is 0. The SMILES string of the molecule is CCCCCCCCCCCCCCCCCCc1ccc[cH-]1.CCCCCCCCCCCCCCCCCCc1ccc[cH-]1.[Fe+2]. The third-order valence-electron chi connectivity index (χ3n) is 10.1. The molecule has 0 aliphatic carbocycles. The van der Waals surface area contributed by atoms with E-state index in [0.29, 0.717) is 0 Å². The summed E-state index contributed by atoms with van der Waals surface area (Å²) >= 11 is 0. The number of hydrogen-bond acceptors (Lipinski definition) is 0. The molecule has 2 aromatic carbocycles. The topological polar surface area (TPSA) is 0 Å². The van der Waals surface area contributed by atoms with Gasteiger partial charge in [0.15, 0.2) is 0 Å². The van der Waals surface area contributed by atoms with Crippen molar-refractivity contribution in [3.8, 4) is 0 Å². The van der Waals surface area contributed by atoms with Crippen molar-refractivity contribution in [2.45, 2.75) is 232 Å². The average molecular weight is 691 g/mol. The van der Waals surface area contributed by atoms with E-state index in [9.17, 15) is 0 Å². The maximum Gasteiger partial charge on any atom is 2.00 e. The van der Waals surface area contributed by atoms with Gasteiger partial charge in [0.05, 0.1) is 0 Å². The minimum Gasteiger partial charge on any atom is -0.213 e. The van der Waals surface area contributed by atoms with Crippen molar-refractivity contribution >= 4 is 0 Å². The van der Waals surface area contributed by atoms with Gasteiger partial charge in [-0.15, -0.1) is 0 Å². The van der Waals surface area contributed by atoms with E-state index < -0.39 is 0 Å². The largest absolute Gasteiger partial charge is 2.00 e. The van der Waals surface area contributed by atoms with Gasteiger partial charge in [-0.2, -0.15) is 35.4 Å². The van der Waals surface area contributed by atoms with E-state index in [1.807, 2.05) is 0 Å². The van der Waals surface area contributed by atoms with E-state index in [-0.39, 0.29) is 17.1 Å². The van der Waals surface area contributed by atoms with Crippen LogP contribution >= 0.6 is 0 Å². The Balaban J connectivity index is 0.000000882. The van der Waals surface area contributed by atoms with Crippen LogP contribution in [0.5, 0.6) is 0 Å². The molecule has 0 aliphatic heterocycles. The van der Waals surface area contributed by atoms with Crippen LogP contribution in [0.4, 0.5) is 0 Å². The Hall–Kier alpha value is -0.781. The Morgan fingerprint density at radius 1 is 0.319 bits per heavy atom. The molecule has 2 rings (SSSR count). The van der Waals surface area contributed by atoms with E-state index in [1.165, 1.54) is 229 Å². The standard InChI is InChI=1S/2C23H41.Fe/c2*1-2-3-4-5-6-7-8-9-10-11-12-13-14-15-16-17-20-23-21-18-19-22-23;/h2*18-19,21-22H,2-17,20H2,1H3;/q2*-1;+2. The molecule has 0 saturated carbocycles. The summed E-state index contributed by atoms with van der Waals surface area (Å²) in [6.45, 7) is 4.59. The maximum absolute atomic E-state index is 2.30. The minimum absolute atomic E-state index is 0. The van der Waals surface area contributed by atoms with Crippen molar-refractivity contribution in [1.82, 2.24) is 0 Å². The quantitative estimate of drug-likeness (QED) is 0.0390. The molecule has 0 aromatic heterocycles. The van der Waals surface area contributed by atoms with Gasteiger partial charge in [-0.3, -0.25) is 0 Å². The Morgan fingerprint density at radius 3 is 0.723 bits per heavy atom. The fourth-order valence-corrected chi connectivity index (χ4v) is 6.92. The predicted octanol–water partition coefficient (Wildman–Crippen LogP) is 16.4. The van der Waals surface area contributed by atoms with Crippen molar-refractivity contribution < 1.29 is 17.1 Å². The monoisotopic (exact) mass is 691 g/mol. The molecule has 2 aromatic rings. The molecule has 0 radical (unpaired) electrons. The maximum atomic E-state index is 2.30. The molecule has 0 heterocycles. The molecule has 0 fully saturated rings. The van der Waals surface area contributed by atoms with E-state index in [2.05, 4.69) is 62.4 Å². The van der Waals surface area contributed by atoms with Crippen molar-refractivity contribution in [2.75, 3.05) is 0 Å². The van der Waals surface area contributed by atoms with Crippen LogP contribution in [-0.4, -0.2) is 0 Å². The van der Waals surface area contributed by atoms with Crippen LogP contribution in [0.25, 0.3) is 0 Å². The van der Waals surface area contributed by atoms with Crippen LogP contribution in [0.15, 0.2) is 48.5 Å². The number of unbranched alkanes of at least 4 members (excludes halogenated alkanes) is 30. The number of aryl methyl sites for hydroxylation is 2. The Bertz CT molecular complexity index is 691. The summed E-state index contributed by atoms with van der Waals surface area (Å²) in [4.78, 5) is 0. The molecule has 0 amide bonds. The molecule has 0 atom stereocenters. The Morgan fingerprint density at radius 2 is 0.532 bits per heavy atom. The predicted molar refractivity (Wildman–Crippen MR) is 211 cm³/mol. The van der Waals surface area contributed by atoms with E-state index in [1.54, 1.807) is 0 Å². The summed E-state index contributed by atoms with van der Waals surface area (Å²) < 4.78 is 0. The Labute approximate surface area is 307 Å². The van der Waals surface area contributed by atoms with Gasteiger partial charge in [0.25, 0.3) is 0 Å². The van der Waals surface area contributed by atoms with Gasteiger partial charge in [-0.05, 0) is 0 Å². The van der Waals surface area contributed by atoms with E-state index >= 15 is 0 Å². The molecular weight excluding hydrogens is 608 g/mol. The molecule has 0 unspecified atom stereocenters. The summed E-state index contributed by atoms with van der Waals surface area (Å²) in [6, 6.07) is 17.6. The Kier molecular flexibility index (Phi) is 39.0. The number of hydrogen-bond donors (Lipinski definition) is 0. The van der Waals surface area contributed by atoms with Gasteiger partial charge >= 0.3 is 17.1 Å². The van der Waals surface area contributed by atoms with Crippen LogP contribution in [0.1, 0.15) is 230 Å². The van der Waals surface area contributed by atoms with Crippen LogP contribution in [0, 0.1) is 0 Å². The van der Waals surface area contributed by atoms with E-state index in [4.69, 9.17) is 0 Å². The van der Waals surface area contributed by atoms with E-state index in [0.717, 1.165) is 0 Å². The van der Waals surface area contributed by atoms with Gasteiger partial charge < -0.3 is 0 Å². The molecule has 0 nitrogen and oxygen atoms in total. The normalized spacial score (nSPS) is 10.9. The van der Waals surface area contributed by atoms with Crippen LogP contribution in [-0.2, 0) is 29.9 Å². The molecular formula is C46H82Fe. The third-order valence-corrected chi connectivity index (χ3v) is 10.1. The molecule has 0 aliphatic rings. The zero-order valence-electron chi connectivity index (χ0n) is 32.0. The van der Waals surface area contributed by atoms with Gasteiger partial charge in [-0.25, -0.2) is 24.3 Å². The molecule has 0 spiro atoms. The fourth-order valence-electron chi connectivity index (χ4n) is 6.92. The summed E-state index contributed by atoms with van der Waals surface area (Å²) in [5.74, 6) is 0. The first-order valence-corrected chi connectivity index (χ1v) is 21.3. The van der Waals surface area contributed by atoms with Crippen LogP contribution in [0.2, 0.25) is 0 Å². The first-order chi connectivity index (χ1) is 22.9. The molecule has 274 valence electrons. The molecule has 47 heavy (non-hydrogen) atoms. The van der Waals surface area contributed by atoms with Crippen molar-refractivity contribution in [2.24, 2.45) is 0 Å². The van der Waals surface area contributed by atoms with Gasteiger partial charge in [-0.1, -0.05) is 232 Å². The van der Waals surface area contributed by atoms with Crippen LogP contribution in [0.3, 0.4) is 0 Å². The zero-order chi connectivity index (χ0) is 32.9. The van der Waals surface area contributed by atoms with Crippen molar-refractivity contribution in [3.63, 3.8) is 0 Å².